The number of nitrogens with zero attached hydrogens (tertiary/aromatic N) is 1. The molecule has 3 heteroatoms. The molecule has 1 aliphatic heterocycles. The van der Waals surface area contributed by atoms with Crippen molar-refractivity contribution in [3.63, 3.8) is 0 Å². The Morgan fingerprint density at radius 2 is 2.15 bits per heavy atom. The van der Waals surface area contributed by atoms with Gasteiger partial charge in [-0.2, -0.15) is 0 Å². The maximum atomic E-state index is 5.92. The third-order valence-electron chi connectivity index (χ3n) is 4.10. The van der Waals surface area contributed by atoms with Crippen LogP contribution in [0.25, 0.3) is 0 Å². The molecule has 1 aromatic carbocycles. The monoisotopic (exact) mass is 268 g/mol. The van der Waals surface area contributed by atoms with Crippen LogP contribution < -0.4 is 10.1 Å². The molecule has 0 aliphatic carbocycles. The average molecular weight is 268 g/mol. The summed E-state index contributed by atoms with van der Waals surface area (Å²) >= 11 is 0. The second-order valence-corrected chi connectivity index (χ2v) is 5.38. The van der Waals surface area contributed by atoms with E-state index in [2.05, 4.69) is 41.5 Å². The molecule has 0 saturated heterocycles. The number of benzene rings is 1. The van der Waals surface area contributed by atoms with Gasteiger partial charge < -0.3 is 10.1 Å². The molecule has 0 bridgehead atoms. The fourth-order valence-corrected chi connectivity index (χ4v) is 3.01. The molecular weight excluding hydrogens is 248 g/mol. The van der Waals surface area contributed by atoms with Crippen molar-refractivity contribution in [3.05, 3.63) is 59.4 Å². The van der Waals surface area contributed by atoms with Crippen molar-refractivity contribution in [2.24, 2.45) is 5.92 Å². The Kier molecular flexibility index (Phi) is 3.70. The predicted molar refractivity (Wildman–Crippen MR) is 79.9 cm³/mol. The van der Waals surface area contributed by atoms with Crippen LogP contribution in [-0.4, -0.2) is 18.6 Å². The number of hydrogen-bond acceptors (Lipinski definition) is 3. The summed E-state index contributed by atoms with van der Waals surface area (Å²) in [5.41, 5.74) is 3.84. The summed E-state index contributed by atoms with van der Waals surface area (Å²) in [7, 11) is 2.01. The zero-order valence-electron chi connectivity index (χ0n) is 12.0. The summed E-state index contributed by atoms with van der Waals surface area (Å²) in [5.74, 6) is 1.46. The quantitative estimate of drug-likeness (QED) is 0.929. The van der Waals surface area contributed by atoms with Crippen molar-refractivity contribution in [2.75, 3.05) is 13.7 Å². The van der Waals surface area contributed by atoms with Crippen molar-refractivity contribution < 1.29 is 4.74 Å². The van der Waals surface area contributed by atoms with E-state index in [-0.39, 0.29) is 6.04 Å². The predicted octanol–water partition coefficient (Wildman–Crippen LogP) is 2.90. The summed E-state index contributed by atoms with van der Waals surface area (Å²) in [6, 6.07) is 10.7. The Balaban J connectivity index is 1.87. The lowest BCUT2D eigenvalue weighted by molar-refractivity contribution is 0.188. The highest BCUT2D eigenvalue weighted by molar-refractivity contribution is 5.36. The lowest BCUT2D eigenvalue weighted by Gasteiger charge is -2.32. The molecular formula is C17H20N2O. The van der Waals surface area contributed by atoms with E-state index in [0.29, 0.717) is 5.92 Å². The average Bonchev–Trinajstić information content (AvgIpc) is 2.50. The first kappa shape index (κ1) is 13.1. The lowest BCUT2D eigenvalue weighted by Crippen LogP contribution is -2.34. The lowest BCUT2D eigenvalue weighted by atomic mass is 9.86. The van der Waals surface area contributed by atoms with Gasteiger partial charge in [-0.1, -0.05) is 18.2 Å². The first-order chi connectivity index (χ1) is 9.79. The van der Waals surface area contributed by atoms with E-state index >= 15 is 0 Å². The SMILES string of the molecule is CNC(c1cnccc1C)C1COc2ccccc2C1. The maximum Gasteiger partial charge on any atom is 0.122 e. The van der Waals surface area contributed by atoms with Crippen LogP contribution in [0.3, 0.4) is 0 Å². The molecule has 0 saturated carbocycles. The van der Waals surface area contributed by atoms with Crippen molar-refractivity contribution in [1.29, 1.82) is 0 Å². The minimum atomic E-state index is 0.275. The molecule has 2 unspecified atom stereocenters. The number of pyridine rings is 1. The van der Waals surface area contributed by atoms with Gasteiger partial charge in [0.1, 0.15) is 5.75 Å². The number of rotatable bonds is 3. The second kappa shape index (κ2) is 5.63. The summed E-state index contributed by atoms with van der Waals surface area (Å²) in [4.78, 5) is 4.27. The Labute approximate surface area is 120 Å². The molecule has 2 aromatic rings. The molecule has 1 N–H and O–H groups in total. The molecule has 20 heavy (non-hydrogen) atoms. The Hall–Kier alpha value is -1.87. The van der Waals surface area contributed by atoms with E-state index < -0.39 is 0 Å². The Morgan fingerprint density at radius 3 is 2.95 bits per heavy atom. The fourth-order valence-electron chi connectivity index (χ4n) is 3.01. The van der Waals surface area contributed by atoms with Gasteiger partial charge in [-0.25, -0.2) is 0 Å². The summed E-state index contributed by atoms with van der Waals surface area (Å²) in [5, 5.41) is 3.44. The molecule has 3 rings (SSSR count). The van der Waals surface area contributed by atoms with Gasteiger partial charge in [-0.15, -0.1) is 0 Å². The van der Waals surface area contributed by atoms with Crippen LogP contribution in [0.4, 0.5) is 0 Å². The number of fused-ring (bicyclic) bond motifs is 1. The summed E-state index contributed by atoms with van der Waals surface area (Å²) in [6.45, 7) is 2.88. The van der Waals surface area contributed by atoms with E-state index in [9.17, 15) is 0 Å². The van der Waals surface area contributed by atoms with Crippen LogP contribution >= 0.6 is 0 Å². The minimum Gasteiger partial charge on any atom is -0.493 e. The third-order valence-corrected chi connectivity index (χ3v) is 4.10. The molecule has 1 aromatic heterocycles. The number of aromatic nitrogens is 1. The van der Waals surface area contributed by atoms with Crippen LogP contribution in [0, 0.1) is 12.8 Å². The van der Waals surface area contributed by atoms with Crippen molar-refractivity contribution in [3.8, 4) is 5.75 Å². The zero-order chi connectivity index (χ0) is 13.9. The Morgan fingerprint density at radius 1 is 1.30 bits per heavy atom. The zero-order valence-corrected chi connectivity index (χ0v) is 12.0. The number of para-hydroxylation sites is 1. The van der Waals surface area contributed by atoms with Crippen LogP contribution in [0.15, 0.2) is 42.7 Å². The standard InChI is InChI=1S/C17H20N2O/c1-12-7-8-19-10-15(12)17(18-2)14-9-13-5-3-4-6-16(13)20-11-14/h3-8,10,14,17-18H,9,11H2,1-2H3. The number of hydrogen-bond donors (Lipinski definition) is 1. The third kappa shape index (κ3) is 2.41. The van der Waals surface area contributed by atoms with Crippen molar-refractivity contribution in [1.82, 2.24) is 10.3 Å². The van der Waals surface area contributed by atoms with Crippen molar-refractivity contribution >= 4 is 0 Å². The van der Waals surface area contributed by atoms with Crippen molar-refractivity contribution in [2.45, 2.75) is 19.4 Å². The second-order valence-electron chi connectivity index (χ2n) is 5.38. The highest BCUT2D eigenvalue weighted by Gasteiger charge is 2.28. The number of ether oxygens (including phenoxy) is 1. The minimum absolute atomic E-state index is 0.275. The first-order valence-electron chi connectivity index (χ1n) is 7.08. The van der Waals surface area contributed by atoms with Crippen LogP contribution in [0.1, 0.15) is 22.7 Å². The largest absolute Gasteiger partial charge is 0.493 e. The van der Waals surface area contributed by atoms with Crippen LogP contribution in [0.5, 0.6) is 5.75 Å². The van der Waals surface area contributed by atoms with E-state index in [0.717, 1.165) is 18.8 Å². The molecule has 1 aliphatic rings. The number of aryl methyl sites for hydroxylation is 1. The molecule has 3 nitrogen and oxygen atoms in total. The van der Waals surface area contributed by atoms with E-state index in [1.165, 1.54) is 16.7 Å². The van der Waals surface area contributed by atoms with Gasteiger partial charge in [0.05, 0.1) is 6.61 Å². The maximum absolute atomic E-state index is 5.92. The molecule has 0 amide bonds. The van der Waals surface area contributed by atoms with Gasteiger partial charge in [-0.05, 0) is 49.2 Å². The van der Waals surface area contributed by atoms with Gasteiger partial charge >= 0.3 is 0 Å². The molecule has 2 atom stereocenters. The van der Waals surface area contributed by atoms with E-state index in [4.69, 9.17) is 4.74 Å². The highest BCUT2D eigenvalue weighted by Crippen LogP contribution is 2.34. The van der Waals surface area contributed by atoms with Crippen LogP contribution in [0.2, 0.25) is 0 Å². The smallest absolute Gasteiger partial charge is 0.122 e. The first-order valence-corrected chi connectivity index (χ1v) is 7.08. The topological polar surface area (TPSA) is 34.2 Å². The van der Waals surface area contributed by atoms with Gasteiger partial charge in [-0.3, -0.25) is 4.98 Å². The van der Waals surface area contributed by atoms with E-state index in [1.54, 1.807) is 0 Å². The molecule has 2 heterocycles. The van der Waals surface area contributed by atoms with Gasteiger partial charge in [0.25, 0.3) is 0 Å². The van der Waals surface area contributed by atoms with Gasteiger partial charge in [0, 0.05) is 24.4 Å². The van der Waals surface area contributed by atoms with E-state index in [1.807, 2.05) is 25.5 Å². The van der Waals surface area contributed by atoms with Crippen LogP contribution in [-0.2, 0) is 6.42 Å². The summed E-state index contributed by atoms with van der Waals surface area (Å²) in [6.07, 6.45) is 4.85. The Bertz CT molecular complexity index is 597. The fraction of sp³-hybridized carbons (Fsp3) is 0.353. The molecule has 0 spiro atoms. The van der Waals surface area contributed by atoms with Gasteiger partial charge in [0.15, 0.2) is 0 Å². The highest BCUT2D eigenvalue weighted by atomic mass is 16.5. The molecule has 0 radical (unpaired) electrons. The molecule has 104 valence electrons. The normalized spacial score (nSPS) is 19.0. The van der Waals surface area contributed by atoms with Gasteiger partial charge in [0.2, 0.25) is 0 Å². The summed E-state index contributed by atoms with van der Waals surface area (Å²) < 4.78 is 5.92. The molecule has 0 fully saturated rings. The number of nitrogens with one attached hydrogen (secondary N) is 1.